The van der Waals surface area contributed by atoms with E-state index in [9.17, 15) is 9.18 Å². The Balaban J connectivity index is 2.80. The molecule has 1 heterocycles. The summed E-state index contributed by atoms with van der Waals surface area (Å²) in [7, 11) is 1.38. The minimum absolute atomic E-state index is 0.122. The van der Waals surface area contributed by atoms with Crippen molar-refractivity contribution in [1.29, 1.82) is 0 Å². The maximum atomic E-state index is 13.0. The van der Waals surface area contributed by atoms with Gasteiger partial charge in [-0.3, -0.25) is 5.32 Å². The first-order chi connectivity index (χ1) is 7.81. The van der Waals surface area contributed by atoms with Gasteiger partial charge in [0.15, 0.2) is 0 Å². The average molecular weight is 242 g/mol. The van der Waals surface area contributed by atoms with E-state index in [4.69, 9.17) is 9.47 Å². The van der Waals surface area contributed by atoms with Gasteiger partial charge in [0.25, 0.3) is 0 Å². The van der Waals surface area contributed by atoms with Crippen molar-refractivity contribution < 1.29 is 18.7 Å². The zero-order valence-corrected chi connectivity index (χ0v) is 10.2. The fourth-order valence-electron chi connectivity index (χ4n) is 1.09. The molecule has 1 N–H and O–H groups in total. The van der Waals surface area contributed by atoms with Gasteiger partial charge in [-0.1, -0.05) is 0 Å². The molecule has 0 aliphatic carbocycles. The van der Waals surface area contributed by atoms with Crippen molar-refractivity contribution in [2.45, 2.75) is 26.4 Å². The third-order valence-electron chi connectivity index (χ3n) is 1.65. The SMILES string of the molecule is COc1ncc(F)cc1NC(=O)OC(C)(C)C. The Morgan fingerprint density at radius 3 is 2.65 bits per heavy atom. The van der Waals surface area contributed by atoms with E-state index >= 15 is 0 Å². The molecule has 0 atom stereocenters. The maximum absolute atomic E-state index is 13.0. The van der Waals surface area contributed by atoms with Crippen molar-refractivity contribution in [3.8, 4) is 5.88 Å². The summed E-state index contributed by atoms with van der Waals surface area (Å²) in [6.45, 7) is 5.19. The van der Waals surface area contributed by atoms with Gasteiger partial charge in [-0.15, -0.1) is 0 Å². The number of amides is 1. The van der Waals surface area contributed by atoms with E-state index in [0.717, 1.165) is 12.3 Å². The number of aromatic nitrogens is 1. The molecule has 0 saturated heterocycles. The number of carbonyl (C=O) groups excluding carboxylic acids is 1. The molecule has 0 saturated carbocycles. The van der Waals surface area contributed by atoms with Crippen LogP contribution in [0.3, 0.4) is 0 Å². The molecule has 1 aromatic rings. The quantitative estimate of drug-likeness (QED) is 0.865. The summed E-state index contributed by atoms with van der Waals surface area (Å²) in [4.78, 5) is 15.1. The maximum Gasteiger partial charge on any atom is 0.412 e. The normalized spacial score (nSPS) is 10.9. The number of nitrogens with zero attached hydrogens (tertiary/aromatic N) is 1. The van der Waals surface area contributed by atoms with Crippen LogP contribution in [0.15, 0.2) is 12.3 Å². The van der Waals surface area contributed by atoms with Crippen LogP contribution in [0.4, 0.5) is 14.9 Å². The second kappa shape index (κ2) is 4.99. The van der Waals surface area contributed by atoms with Crippen LogP contribution in [0.2, 0.25) is 0 Å². The molecule has 1 rings (SSSR count). The number of pyridine rings is 1. The van der Waals surface area contributed by atoms with Gasteiger partial charge >= 0.3 is 6.09 Å². The molecule has 0 spiro atoms. The molecule has 0 aliphatic heterocycles. The lowest BCUT2D eigenvalue weighted by Gasteiger charge is -2.20. The first-order valence-electron chi connectivity index (χ1n) is 5.01. The Bertz CT molecular complexity index is 416. The Morgan fingerprint density at radius 1 is 1.47 bits per heavy atom. The number of methoxy groups -OCH3 is 1. The largest absolute Gasteiger partial charge is 0.480 e. The molecule has 17 heavy (non-hydrogen) atoms. The van der Waals surface area contributed by atoms with Crippen LogP contribution < -0.4 is 10.1 Å². The standard InChI is InChI=1S/C11H15FN2O3/c1-11(2,3)17-10(15)14-8-5-7(12)6-13-9(8)16-4/h5-6H,1-4H3,(H,14,15). The van der Waals surface area contributed by atoms with Crippen molar-refractivity contribution in [2.75, 3.05) is 12.4 Å². The summed E-state index contributed by atoms with van der Waals surface area (Å²) in [5.74, 6) is -0.450. The van der Waals surface area contributed by atoms with Gasteiger partial charge in [-0.25, -0.2) is 14.2 Å². The molecule has 5 nitrogen and oxygen atoms in total. The van der Waals surface area contributed by atoms with Crippen molar-refractivity contribution in [2.24, 2.45) is 0 Å². The number of hydrogen-bond acceptors (Lipinski definition) is 4. The zero-order chi connectivity index (χ0) is 13.1. The summed E-state index contributed by atoms with van der Waals surface area (Å²) in [5, 5.41) is 2.37. The van der Waals surface area contributed by atoms with Gasteiger partial charge in [0.05, 0.1) is 13.3 Å². The highest BCUT2D eigenvalue weighted by atomic mass is 19.1. The van der Waals surface area contributed by atoms with Crippen molar-refractivity contribution in [1.82, 2.24) is 4.98 Å². The van der Waals surface area contributed by atoms with Crippen molar-refractivity contribution in [3.63, 3.8) is 0 Å². The number of carbonyl (C=O) groups is 1. The fourth-order valence-corrected chi connectivity index (χ4v) is 1.09. The Labute approximate surface area is 98.9 Å². The number of rotatable bonds is 2. The van der Waals surface area contributed by atoms with Gasteiger partial charge in [0, 0.05) is 6.07 Å². The molecular formula is C11H15FN2O3. The lowest BCUT2D eigenvalue weighted by Crippen LogP contribution is -2.27. The summed E-state index contributed by atoms with van der Waals surface area (Å²) in [6, 6.07) is 1.11. The topological polar surface area (TPSA) is 60.5 Å². The van der Waals surface area contributed by atoms with Gasteiger partial charge in [0.1, 0.15) is 17.1 Å². The van der Waals surface area contributed by atoms with E-state index in [1.165, 1.54) is 7.11 Å². The molecule has 6 heteroatoms. The van der Waals surface area contributed by atoms with E-state index in [2.05, 4.69) is 10.3 Å². The summed E-state index contributed by atoms with van der Waals surface area (Å²) in [6.07, 6.45) is 0.308. The van der Waals surface area contributed by atoms with E-state index in [0.29, 0.717) is 0 Å². The Hall–Kier alpha value is -1.85. The van der Waals surface area contributed by atoms with Crippen molar-refractivity contribution >= 4 is 11.8 Å². The Morgan fingerprint density at radius 2 is 2.12 bits per heavy atom. The third kappa shape index (κ3) is 4.26. The Kier molecular flexibility index (Phi) is 3.88. The number of nitrogens with one attached hydrogen (secondary N) is 1. The number of halogens is 1. The monoisotopic (exact) mass is 242 g/mol. The lowest BCUT2D eigenvalue weighted by molar-refractivity contribution is 0.0635. The van der Waals surface area contributed by atoms with Crippen molar-refractivity contribution in [3.05, 3.63) is 18.1 Å². The first-order valence-corrected chi connectivity index (χ1v) is 5.01. The minimum Gasteiger partial charge on any atom is -0.480 e. The van der Waals surface area contributed by atoms with Crippen LogP contribution in [0.5, 0.6) is 5.88 Å². The number of ether oxygens (including phenoxy) is 2. The van der Waals surface area contributed by atoms with E-state index in [1.54, 1.807) is 20.8 Å². The third-order valence-corrected chi connectivity index (χ3v) is 1.65. The van der Waals surface area contributed by atoms with E-state index < -0.39 is 17.5 Å². The fraction of sp³-hybridized carbons (Fsp3) is 0.455. The van der Waals surface area contributed by atoms with Crippen LogP contribution in [-0.2, 0) is 4.74 Å². The summed E-state index contributed by atoms with van der Waals surface area (Å²) < 4.78 is 22.9. The number of anilines is 1. The molecule has 0 radical (unpaired) electrons. The molecule has 0 aliphatic rings. The highest BCUT2D eigenvalue weighted by Gasteiger charge is 2.18. The lowest BCUT2D eigenvalue weighted by atomic mass is 10.2. The van der Waals surface area contributed by atoms with Gasteiger partial charge in [-0.05, 0) is 20.8 Å². The minimum atomic E-state index is -0.691. The van der Waals surface area contributed by atoms with E-state index in [1.807, 2.05) is 0 Å². The predicted octanol–water partition coefficient (Wildman–Crippen LogP) is 2.58. The average Bonchev–Trinajstić information content (AvgIpc) is 2.14. The smallest absolute Gasteiger partial charge is 0.412 e. The molecule has 0 unspecified atom stereocenters. The van der Waals surface area contributed by atoms with Crippen LogP contribution in [-0.4, -0.2) is 23.8 Å². The van der Waals surface area contributed by atoms with Crippen LogP contribution in [0.25, 0.3) is 0 Å². The van der Waals surface area contributed by atoms with Gasteiger partial charge in [-0.2, -0.15) is 0 Å². The van der Waals surface area contributed by atoms with Crippen LogP contribution >= 0.6 is 0 Å². The summed E-state index contributed by atoms with van der Waals surface area (Å²) >= 11 is 0. The molecule has 1 amide bonds. The highest BCUT2D eigenvalue weighted by molar-refractivity contribution is 5.86. The molecule has 1 aromatic heterocycles. The molecule has 0 bridgehead atoms. The molecular weight excluding hydrogens is 227 g/mol. The first kappa shape index (κ1) is 13.2. The molecule has 0 aromatic carbocycles. The van der Waals surface area contributed by atoms with Gasteiger partial charge < -0.3 is 9.47 Å². The second-order valence-corrected chi connectivity index (χ2v) is 4.34. The summed E-state index contributed by atoms with van der Waals surface area (Å²) in [5.41, 5.74) is -0.500. The highest BCUT2D eigenvalue weighted by Crippen LogP contribution is 2.22. The van der Waals surface area contributed by atoms with E-state index in [-0.39, 0.29) is 11.6 Å². The van der Waals surface area contributed by atoms with Gasteiger partial charge in [0.2, 0.25) is 5.88 Å². The van der Waals surface area contributed by atoms with Crippen LogP contribution in [0, 0.1) is 5.82 Å². The second-order valence-electron chi connectivity index (χ2n) is 4.34. The molecule has 94 valence electrons. The van der Waals surface area contributed by atoms with Crippen LogP contribution in [0.1, 0.15) is 20.8 Å². The predicted molar refractivity (Wildman–Crippen MR) is 60.6 cm³/mol. The number of hydrogen-bond donors (Lipinski definition) is 1. The zero-order valence-electron chi connectivity index (χ0n) is 10.2. The molecule has 0 fully saturated rings.